The van der Waals surface area contributed by atoms with Crippen molar-refractivity contribution in [3.8, 4) is 17.2 Å². The SMILES string of the molecule is CCCC1CCC(c2ccc(-c3ccc4c(F)c(C#N)ccc4c3)c(F)c2)CC1. The maximum atomic E-state index is 15.0. The van der Waals surface area contributed by atoms with Crippen molar-refractivity contribution in [3.05, 3.63) is 71.3 Å². The van der Waals surface area contributed by atoms with E-state index >= 15 is 0 Å². The van der Waals surface area contributed by atoms with Crippen molar-refractivity contribution in [1.82, 2.24) is 0 Å². The van der Waals surface area contributed by atoms with Crippen LogP contribution in [0.3, 0.4) is 0 Å². The van der Waals surface area contributed by atoms with E-state index in [0.29, 0.717) is 22.3 Å². The van der Waals surface area contributed by atoms with E-state index in [-0.39, 0.29) is 11.4 Å². The van der Waals surface area contributed by atoms with E-state index in [1.807, 2.05) is 18.2 Å². The predicted molar refractivity (Wildman–Crippen MR) is 114 cm³/mol. The third kappa shape index (κ3) is 3.90. The smallest absolute Gasteiger partial charge is 0.148 e. The number of nitrogens with zero attached hydrogens (tertiary/aromatic N) is 1. The third-order valence-corrected chi connectivity index (χ3v) is 6.39. The molecule has 29 heavy (non-hydrogen) atoms. The van der Waals surface area contributed by atoms with Gasteiger partial charge in [0, 0.05) is 10.9 Å². The Labute approximate surface area is 171 Å². The average Bonchev–Trinajstić information content (AvgIpc) is 2.74. The Balaban J connectivity index is 1.59. The maximum absolute atomic E-state index is 15.0. The van der Waals surface area contributed by atoms with Gasteiger partial charge in [-0.15, -0.1) is 0 Å². The van der Waals surface area contributed by atoms with Crippen molar-refractivity contribution in [2.75, 3.05) is 0 Å². The number of hydrogen-bond donors (Lipinski definition) is 0. The molecule has 0 aliphatic heterocycles. The molecule has 3 aromatic carbocycles. The zero-order chi connectivity index (χ0) is 20.4. The molecule has 1 aliphatic carbocycles. The fraction of sp³-hybridized carbons (Fsp3) is 0.346. The van der Waals surface area contributed by atoms with Gasteiger partial charge in [-0.3, -0.25) is 0 Å². The second kappa shape index (κ2) is 8.33. The second-order valence-corrected chi connectivity index (χ2v) is 8.22. The quantitative estimate of drug-likeness (QED) is 0.448. The zero-order valence-corrected chi connectivity index (χ0v) is 16.7. The van der Waals surface area contributed by atoms with Crippen LogP contribution in [-0.2, 0) is 0 Å². The van der Waals surface area contributed by atoms with Crippen molar-refractivity contribution in [2.45, 2.75) is 51.4 Å². The van der Waals surface area contributed by atoms with Crippen molar-refractivity contribution in [2.24, 2.45) is 5.92 Å². The summed E-state index contributed by atoms with van der Waals surface area (Å²) in [6.07, 6.45) is 7.30. The lowest BCUT2D eigenvalue weighted by atomic mass is 9.77. The molecule has 3 aromatic rings. The topological polar surface area (TPSA) is 23.8 Å². The molecule has 0 spiro atoms. The molecule has 1 saturated carbocycles. The standard InChI is InChI=1S/C26H25F2N/c1-2-3-17-4-6-18(7-5-17)19-10-12-23(25(27)15-19)20-11-13-24-21(14-20)8-9-22(16-29)26(24)28/h8-15,17-18H,2-7H2,1H3. The van der Waals surface area contributed by atoms with Crippen molar-refractivity contribution >= 4 is 10.8 Å². The van der Waals surface area contributed by atoms with Gasteiger partial charge in [-0.25, -0.2) is 8.78 Å². The van der Waals surface area contributed by atoms with Gasteiger partial charge in [0.15, 0.2) is 0 Å². The van der Waals surface area contributed by atoms with Gasteiger partial charge < -0.3 is 0 Å². The highest BCUT2D eigenvalue weighted by Crippen LogP contribution is 2.39. The van der Waals surface area contributed by atoms with E-state index in [2.05, 4.69) is 6.92 Å². The number of hydrogen-bond acceptors (Lipinski definition) is 1. The summed E-state index contributed by atoms with van der Waals surface area (Å²) in [6.45, 7) is 2.24. The lowest BCUT2D eigenvalue weighted by molar-refractivity contribution is 0.308. The molecule has 0 amide bonds. The van der Waals surface area contributed by atoms with Crippen LogP contribution in [0.4, 0.5) is 8.78 Å². The van der Waals surface area contributed by atoms with Crippen LogP contribution in [-0.4, -0.2) is 0 Å². The Morgan fingerprint density at radius 1 is 0.966 bits per heavy atom. The van der Waals surface area contributed by atoms with E-state index in [0.717, 1.165) is 29.9 Å². The molecule has 0 radical (unpaired) electrons. The molecule has 1 aliphatic rings. The predicted octanol–water partition coefficient (Wildman–Crippen LogP) is 7.73. The minimum Gasteiger partial charge on any atom is -0.206 e. The monoisotopic (exact) mass is 389 g/mol. The summed E-state index contributed by atoms with van der Waals surface area (Å²) in [7, 11) is 0. The largest absolute Gasteiger partial charge is 0.206 e. The Bertz CT molecular complexity index is 1070. The molecule has 0 atom stereocenters. The Hall–Kier alpha value is -2.73. The van der Waals surface area contributed by atoms with Gasteiger partial charge in [0.05, 0.1) is 5.56 Å². The lowest BCUT2D eigenvalue weighted by Gasteiger charge is -2.28. The first-order valence-electron chi connectivity index (χ1n) is 10.5. The van der Waals surface area contributed by atoms with Crippen molar-refractivity contribution in [1.29, 1.82) is 5.26 Å². The summed E-state index contributed by atoms with van der Waals surface area (Å²) in [6, 6.07) is 15.8. The van der Waals surface area contributed by atoms with Gasteiger partial charge in [-0.1, -0.05) is 50.1 Å². The highest BCUT2D eigenvalue weighted by atomic mass is 19.1. The number of fused-ring (bicyclic) bond motifs is 1. The van der Waals surface area contributed by atoms with Crippen molar-refractivity contribution in [3.63, 3.8) is 0 Å². The minimum atomic E-state index is -0.522. The highest BCUT2D eigenvalue weighted by Gasteiger charge is 2.22. The normalized spacial score (nSPS) is 19.2. The van der Waals surface area contributed by atoms with E-state index in [9.17, 15) is 8.78 Å². The van der Waals surface area contributed by atoms with E-state index in [1.165, 1.54) is 31.7 Å². The summed E-state index contributed by atoms with van der Waals surface area (Å²) in [5.74, 6) is 0.527. The molecular weight excluding hydrogens is 364 g/mol. The Morgan fingerprint density at radius 2 is 1.76 bits per heavy atom. The van der Waals surface area contributed by atoms with Crippen LogP contribution in [0.5, 0.6) is 0 Å². The molecule has 1 fully saturated rings. The first-order chi connectivity index (χ1) is 14.1. The minimum absolute atomic E-state index is 0.0226. The Morgan fingerprint density at radius 3 is 2.45 bits per heavy atom. The maximum Gasteiger partial charge on any atom is 0.148 e. The second-order valence-electron chi connectivity index (χ2n) is 8.22. The fourth-order valence-corrected chi connectivity index (χ4v) is 4.76. The summed E-state index contributed by atoms with van der Waals surface area (Å²) in [5, 5.41) is 10.0. The van der Waals surface area contributed by atoms with Crippen LogP contribution in [0, 0.1) is 28.9 Å². The van der Waals surface area contributed by atoms with Crippen molar-refractivity contribution < 1.29 is 8.78 Å². The number of nitriles is 1. The van der Waals surface area contributed by atoms with Gasteiger partial charge >= 0.3 is 0 Å². The summed E-state index contributed by atoms with van der Waals surface area (Å²) in [4.78, 5) is 0. The van der Waals surface area contributed by atoms with Crippen LogP contribution >= 0.6 is 0 Å². The molecule has 0 aromatic heterocycles. The molecule has 1 nitrogen and oxygen atoms in total. The molecule has 0 heterocycles. The molecular formula is C26H25F2N. The first kappa shape index (κ1) is 19.6. The van der Waals surface area contributed by atoms with Gasteiger partial charge in [0.2, 0.25) is 0 Å². The van der Waals surface area contributed by atoms with Gasteiger partial charge in [0.1, 0.15) is 17.7 Å². The highest BCUT2D eigenvalue weighted by molar-refractivity contribution is 5.89. The van der Waals surface area contributed by atoms with Crippen LogP contribution in [0.15, 0.2) is 48.5 Å². The van der Waals surface area contributed by atoms with Gasteiger partial charge in [-0.2, -0.15) is 5.26 Å². The fourth-order valence-electron chi connectivity index (χ4n) is 4.76. The molecule has 0 saturated heterocycles. The molecule has 0 bridgehead atoms. The summed E-state index contributed by atoms with van der Waals surface area (Å²) in [5.41, 5.74) is 2.36. The summed E-state index contributed by atoms with van der Waals surface area (Å²) >= 11 is 0. The molecule has 148 valence electrons. The van der Waals surface area contributed by atoms with E-state index < -0.39 is 5.82 Å². The zero-order valence-electron chi connectivity index (χ0n) is 16.7. The average molecular weight is 389 g/mol. The number of benzene rings is 3. The first-order valence-corrected chi connectivity index (χ1v) is 10.5. The number of halogens is 2. The van der Waals surface area contributed by atoms with Gasteiger partial charge in [0.25, 0.3) is 0 Å². The lowest BCUT2D eigenvalue weighted by Crippen LogP contribution is -2.13. The summed E-state index contributed by atoms with van der Waals surface area (Å²) < 4.78 is 29.3. The third-order valence-electron chi connectivity index (χ3n) is 6.39. The van der Waals surface area contributed by atoms with Crippen LogP contribution in [0.2, 0.25) is 0 Å². The van der Waals surface area contributed by atoms with E-state index in [1.54, 1.807) is 30.3 Å². The Kier molecular flexibility index (Phi) is 5.62. The van der Waals surface area contributed by atoms with Crippen LogP contribution in [0.25, 0.3) is 21.9 Å². The number of rotatable bonds is 4. The molecule has 4 rings (SSSR count). The molecule has 3 heteroatoms. The molecule has 0 unspecified atom stereocenters. The van der Waals surface area contributed by atoms with Gasteiger partial charge in [-0.05, 0) is 72.2 Å². The van der Waals surface area contributed by atoms with E-state index in [4.69, 9.17) is 5.26 Å². The van der Waals surface area contributed by atoms with Crippen LogP contribution in [0.1, 0.15) is 62.5 Å². The molecule has 0 N–H and O–H groups in total. The van der Waals surface area contributed by atoms with Crippen LogP contribution < -0.4 is 0 Å².